The molecule has 1 heterocycles. The number of halogens is 3. The molecule has 0 saturated carbocycles. The zero-order chi connectivity index (χ0) is 35.3. The van der Waals surface area contributed by atoms with Crippen LogP contribution in [-0.4, -0.2) is 71.3 Å². The number of unbranched alkanes of at least 4 members (excludes halogenated alkanes) is 1. The maximum absolute atomic E-state index is 15.2. The Morgan fingerprint density at radius 2 is 1.57 bits per heavy atom. The van der Waals surface area contributed by atoms with Crippen LogP contribution in [0.3, 0.4) is 0 Å². The fraction of sp³-hybridized carbons (Fsp3) is 0.606. The van der Waals surface area contributed by atoms with E-state index in [1.54, 1.807) is 20.8 Å². The van der Waals surface area contributed by atoms with Crippen LogP contribution in [0, 0.1) is 0 Å². The Labute approximate surface area is 279 Å². The van der Waals surface area contributed by atoms with Crippen molar-refractivity contribution in [2.75, 3.05) is 13.1 Å². The molecule has 1 N–H and O–H groups in total. The fourth-order valence-electron chi connectivity index (χ4n) is 6.35. The van der Waals surface area contributed by atoms with Crippen molar-refractivity contribution in [2.45, 2.75) is 114 Å². The molecule has 5 atom stereocenters. The Hall–Kier alpha value is -2.90. The van der Waals surface area contributed by atoms with Gasteiger partial charge in [0.2, 0.25) is 0 Å². The summed E-state index contributed by atoms with van der Waals surface area (Å²) in [5, 5.41) is 4.85. The summed E-state index contributed by atoms with van der Waals surface area (Å²) in [6.45, 7) is 14.3. The maximum Gasteiger partial charge on any atom is 0.410 e. The lowest BCUT2D eigenvalue weighted by molar-refractivity contribution is -0.178. The van der Waals surface area contributed by atoms with Crippen molar-refractivity contribution >= 4 is 35.8 Å². The quantitative estimate of drug-likeness (QED) is 0.0754. The third-order valence-corrected chi connectivity index (χ3v) is 15.3. The summed E-state index contributed by atoms with van der Waals surface area (Å²) < 4.78 is 73.6. The summed E-state index contributed by atoms with van der Waals surface area (Å²) in [4.78, 5) is 17.5. The van der Waals surface area contributed by atoms with Crippen LogP contribution in [0.25, 0.3) is 10.4 Å². The number of benzene rings is 2. The molecule has 0 unspecified atom stereocenters. The van der Waals surface area contributed by atoms with Gasteiger partial charge in [-0.15, -0.1) is 0 Å². The van der Waals surface area contributed by atoms with Gasteiger partial charge in [-0.2, -0.15) is 13.2 Å². The number of hydrogen-bond acceptors (Lipinski definition) is 5. The maximum atomic E-state index is 15.2. The summed E-state index contributed by atoms with van der Waals surface area (Å²) in [5.74, 6) is 0. The lowest BCUT2D eigenvalue weighted by atomic mass is 9.84. The zero-order valence-electron chi connectivity index (χ0n) is 28.5. The Balaban J connectivity index is 2.26. The van der Waals surface area contributed by atoms with Gasteiger partial charge in [0.1, 0.15) is 12.1 Å². The number of alkyl halides is 3. The molecule has 1 amide bonds. The minimum absolute atomic E-state index is 0.0912. The van der Waals surface area contributed by atoms with E-state index >= 15 is 13.2 Å². The van der Waals surface area contributed by atoms with Gasteiger partial charge < -0.3 is 9.16 Å². The molecule has 14 heteroatoms. The van der Waals surface area contributed by atoms with Gasteiger partial charge in [0.15, 0.2) is 5.60 Å². The average molecular weight is 696 g/mol. The first-order valence-electron chi connectivity index (χ1n) is 15.9. The Kier molecular flexibility index (Phi) is 12.4. The number of amides is 1. The fourth-order valence-corrected chi connectivity index (χ4v) is 12.0. The second-order valence-corrected chi connectivity index (χ2v) is 20.3. The molecule has 1 fully saturated rings. The van der Waals surface area contributed by atoms with E-state index in [1.807, 2.05) is 67.6 Å². The standard InChI is InChI=1S/C33H48F3N5O4SSi/c1-9-26(45-47(31(5,6)7,24-18-12-10-13-19-24)25-20-14-11-15-21-25)32(8)28(27(33(34,35)36)39-46(43)30(2,3)4)41(29(42)44-32)23-17-16-22-38-40-37/h10-15,18-21,26-28,39H,9,16-17,22-23H2,1-8H3/t26-,27+,28-,32-,46-/m1/s1. The van der Waals surface area contributed by atoms with Crippen LogP contribution < -0.4 is 15.1 Å². The molecule has 0 bridgehead atoms. The molecule has 47 heavy (non-hydrogen) atoms. The largest absolute Gasteiger partial charge is 0.438 e. The number of cyclic esters (lactones) is 1. The molecule has 0 spiro atoms. The van der Waals surface area contributed by atoms with E-state index < -0.39 is 65.1 Å². The SMILES string of the molecule is CC[C@@H](O[Si](c1ccccc1)(c1ccccc1)C(C)(C)C)[C@@]1(C)OC(=O)N(CCCCN=[N+]=[N-])[C@@H]1[C@H](N[S@](=O)C(C)(C)C)C(F)(F)F. The third-order valence-electron chi connectivity index (χ3n) is 8.64. The molecule has 9 nitrogen and oxygen atoms in total. The van der Waals surface area contributed by atoms with Crippen LogP contribution in [-0.2, 0) is 20.1 Å². The first-order valence-corrected chi connectivity index (χ1v) is 18.9. The van der Waals surface area contributed by atoms with Gasteiger partial charge in [-0.05, 0) is 67.9 Å². The molecule has 1 saturated heterocycles. The van der Waals surface area contributed by atoms with E-state index in [-0.39, 0.29) is 25.9 Å². The van der Waals surface area contributed by atoms with Crippen LogP contribution in [0.4, 0.5) is 18.0 Å². The Bertz CT molecular complexity index is 1380. The highest BCUT2D eigenvalue weighted by Crippen LogP contribution is 2.45. The van der Waals surface area contributed by atoms with Crippen molar-refractivity contribution in [3.8, 4) is 0 Å². The molecule has 0 radical (unpaired) electrons. The van der Waals surface area contributed by atoms with Crippen LogP contribution in [0.2, 0.25) is 5.04 Å². The lowest BCUT2D eigenvalue weighted by Gasteiger charge is -2.49. The normalized spacial score (nSPS) is 21.1. The van der Waals surface area contributed by atoms with Crippen molar-refractivity contribution in [1.82, 2.24) is 9.62 Å². The van der Waals surface area contributed by atoms with Crippen LogP contribution in [0.1, 0.15) is 74.7 Å². The molecule has 1 aliphatic heterocycles. The van der Waals surface area contributed by atoms with Crippen LogP contribution in [0.5, 0.6) is 0 Å². The summed E-state index contributed by atoms with van der Waals surface area (Å²) >= 11 is 0. The average Bonchev–Trinajstić information content (AvgIpc) is 3.24. The van der Waals surface area contributed by atoms with Crippen molar-refractivity contribution in [3.05, 3.63) is 71.1 Å². The van der Waals surface area contributed by atoms with Gasteiger partial charge >= 0.3 is 12.3 Å². The van der Waals surface area contributed by atoms with Crippen molar-refractivity contribution in [1.29, 1.82) is 0 Å². The Morgan fingerprint density at radius 1 is 1.04 bits per heavy atom. The second kappa shape index (κ2) is 15.1. The predicted molar refractivity (Wildman–Crippen MR) is 182 cm³/mol. The number of nitrogens with zero attached hydrogens (tertiary/aromatic N) is 4. The number of ether oxygens (including phenoxy) is 1. The van der Waals surface area contributed by atoms with Crippen molar-refractivity contribution in [2.24, 2.45) is 5.11 Å². The smallest absolute Gasteiger partial charge is 0.410 e. The monoisotopic (exact) mass is 695 g/mol. The number of carbonyl (C=O) groups is 1. The number of carbonyl (C=O) groups excluding carboxylic acids is 1. The minimum Gasteiger partial charge on any atom is -0.438 e. The number of hydrogen-bond donors (Lipinski definition) is 1. The van der Waals surface area contributed by atoms with E-state index in [2.05, 4.69) is 35.5 Å². The molecule has 0 aromatic heterocycles. The first kappa shape index (κ1) is 38.5. The molecule has 3 rings (SSSR count). The summed E-state index contributed by atoms with van der Waals surface area (Å²) in [6.07, 6.45) is -5.98. The highest BCUT2D eigenvalue weighted by Gasteiger charge is 2.65. The zero-order valence-corrected chi connectivity index (χ0v) is 30.3. The van der Waals surface area contributed by atoms with E-state index in [0.29, 0.717) is 6.42 Å². The van der Waals surface area contributed by atoms with Crippen LogP contribution >= 0.6 is 0 Å². The summed E-state index contributed by atoms with van der Waals surface area (Å²) in [7, 11) is -5.46. The van der Waals surface area contributed by atoms with Gasteiger partial charge in [0, 0.05) is 18.0 Å². The predicted octanol–water partition coefficient (Wildman–Crippen LogP) is 6.99. The van der Waals surface area contributed by atoms with E-state index in [0.717, 1.165) is 15.3 Å². The lowest BCUT2D eigenvalue weighted by Crippen LogP contribution is -2.72. The van der Waals surface area contributed by atoms with Gasteiger partial charge in [-0.3, -0.25) is 4.90 Å². The van der Waals surface area contributed by atoms with E-state index in [4.69, 9.17) is 14.7 Å². The number of rotatable bonds is 14. The van der Waals surface area contributed by atoms with Gasteiger partial charge in [-0.25, -0.2) is 13.7 Å². The third kappa shape index (κ3) is 8.40. The summed E-state index contributed by atoms with van der Waals surface area (Å²) in [5.41, 5.74) is 6.83. The van der Waals surface area contributed by atoms with Gasteiger partial charge in [-0.1, -0.05) is 93.5 Å². The first-order chi connectivity index (χ1) is 21.8. The molecule has 2 aromatic carbocycles. The molecule has 2 aromatic rings. The highest BCUT2D eigenvalue weighted by molar-refractivity contribution is 7.84. The molecule has 260 valence electrons. The molecular weight excluding hydrogens is 648 g/mol. The second-order valence-electron chi connectivity index (χ2n) is 14.0. The van der Waals surface area contributed by atoms with Crippen molar-refractivity contribution in [3.63, 3.8) is 0 Å². The van der Waals surface area contributed by atoms with Crippen LogP contribution in [0.15, 0.2) is 65.8 Å². The Morgan fingerprint density at radius 3 is 2.00 bits per heavy atom. The summed E-state index contributed by atoms with van der Waals surface area (Å²) in [6, 6.07) is 15.4. The molecule has 0 aliphatic carbocycles. The highest BCUT2D eigenvalue weighted by atomic mass is 32.2. The van der Waals surface area contributed by atoms with Gasteiger partial charge in [0.25, 0.3) is 8.32 Å². The molecule has 1 aliphatic rings. The minimum atomic E-state index is -4.92. The van der Waals surface area contributed by atoms with Crippen molar-refractivity contribution < 1.29 is 31.3 Å². The van der Waals surface area contributed by atoms with E-state index in [1.165, 1.54) is 6.92 Å². The molecular formula is C33H48F3N5O4SSi. The van der Waals surface area contributed by atoms with E-state index in [9.17, 15) is 9.00 Å². The number of nitrogens with one attached hydrogen (secondary N) is 1. The topological polar surface area (TPSA) is 117 Å². The number of azide groups is 1. The van der Waals surface area contributed by atoms with Gasteiger partial charge in [0.05, 0.1) is 21.8 Å².